The fourth-order valence-electron chi connectivity index (χ4n) is 2.66. The highest BCUT2D eigenvalue weighted by Gasteiger charge is 2.19. The van der Waals surface area contributed by atoms with E-state index in [0.29, 0.717) is 17.2 Å². The molecule has 0 saturated heterocycles. The Bertz CT molecular complexity index is 1180. The minimum absolute atomic E-state index is 0.00892. The van der Waals surface area contributed by atoms with Crippen molar-refractivity contribution >= 4 is 34.3 Å². The number of carbonyl (C=O) groups is 1. The van der Waals surface area contributed by atoms with Crippen molar-refractivity contribution < 1.29 is 9.18 Å². The lowest BCUT2D eigenvalue weighted by Gasteiger charge is -2.07. The van der Waals surface area contributed by atoms with Crippen molar-refractivity contribution in [3.8, 4) is 5.82 Å². The van der Waals surface area contributed by atoms with E-state index in [0.717, 1.165) is 4.68 Å². The standard InChI is InChI=1S/C16H8ClFN4O2/c17-11-5-6-19-15(10(11)7-23)22-16(24)14-13(18)9-3-1-2-4-12(9)21(14)8-20-22/h1-8H. The van der Waals surface area contributed by atoms with E-state index in [1.165, 1.54) is 23.0 Å². The summed E-state index contributed by atoms with van der Waals surface area (Å²) in [5, 5.41) is 4.45. The predicted molar refractivity (Wildman–Crippen MR) is 86.4 cm³/mol. The van der Waals surface area contributed by atoms with Gasteiger partial charge in [-0.2, -0.15) is 9.78 Å². The smallest absolute Gasteiger partial charge is 0.298 e. The Balaban J connectivity index is 2.14. The first kappa shape index (κ1) is 14.5. The highest BCUT2D eigenvalue weighted by atomic mass is 35.5. The van der Waals surface area contributed by atoms with E-state index in [4.69, 9.17) is 11.6 Å². The van der Waals surface area contributed by atoms with Crippen molar-refractivity contribution in [1.29, 1.82) is 0 Å². The van der Waals surface area contributed by atoms with Crippen molar-refractivity contribution in [2.75, 3.05) is 0 Å². The molecule has 3 aromatic heterocycles. The molecule has 4 rings (SSSR count). The van der Waals surface area contributed by atoms with Crippen LogP contribution in [0.15, 0.2) is 47.7 Å². The van der Waals surface area contributed by atoms with Crippen LogP contribution in [0.4, 0.5) is 4.39 Å². The highest BCUT2D eigenvalue weighted by molar-refractivity contribution is 6.33. The van der Waals surface area contributed by atoms with Crippen molar-refractivity contribution in [2.24, 2.45) is 0 Å². The Labute approximate surface area is 138 Å². The van der Waals surface area contributed by atoms with E-state index >= 15 is 0 Å². The summed E-state index contributed by atoms with van der Waals surface area (Å²) in [6, 6.07) is 8.11. The van der Waals surface area contributed by atoms with Crippen molar-refractivity contribution in [2.45, 2.75) is 0 Å². The van der Waals surface area contributed by atoms with Gasteiger partial charge in [0.15, 0.2) is 23.4 Å². The molecule has 0 spiro atoms. The number of para-hydroxylation sites is 1. The summed E-state index contributed by atoms with van der Waals surface area (Å²) in [6.07, 6.45) is 3.13. The molecule has 0 aliphatic rings. The zero-order valence-corrected chi connectivity index (χ0v) is 12.7. The monoisotopic (exact) mass is 342 g/mol. The number of carbonyl (C=O) groups excluding carboxylic acids is 1. The van der Waals surface area contributed by atoms with Crippen molar-refractivity contribution in [1.82, 2.24) is 19.2 Å². The number of hydrogen-bond acceptors (Lipinski definition) is 4. The Kier molecular flexibility index (Phi) is 3.17. The molecule has 0 saturated carbocycles. The van der Waals surface area contributed by atoms with Gasteiger partial charge in [-0.15, -0.1) is 0 Å². The topological polar surface area (TPSA) is 69.3 Å². The fourth-order valence-corrected chi connectivity index (χ4v) is 2.85. The molecule has 24 heavy (non-hydrogen) atoms. The van der Waals surface area contributed by atoms with Crippen LogP contribution >= 0.6 is 11.6 Å². The normalized spacial score (nSPS) is 11.2. The lowest BCUT2D eigenvalue weighted by molar-refractivity contribution is 0.112. The van der Waals surface area contributed by atoms with E-state index in [-0.39, 0.29) is 21.9 Å². The number of halogens is 2. The molecule has 1 aromatic carbocycles. The van der Waals surface area contributed by atoms with Crippen LogP contribution in [0.1, 0.15) is 10.4 Å². The zero-order chi connectivity index (χ0) is 16.8. The molecular weight excluding hydrogens is 335 g/mol. The molecule has 0 bridgehead atoms. The first-order chi connectivity index (χ1) is 11.6. The second-order valence-electron chi connectivity index (χ2n) is 5.05. The second-order valence-corrected chi connectivity index (χ2v) is 5.45. The highest BCUT2D eigenvalue weighted by Crippen LogP contribution is 2.23. The van der Waals surface area contributed by atoms with E-state index in [1.807, 2.05) is 0 Å². The fraction of sp³-hybridized carbons (Fsp3) is 0. The van der Waals surface area contributed by atoms with Gasteiger partial charge in [-0.1, -0.05) is 23.7 Å². The summed E-state index contributed by atoms with van der Waals surface area (Å²) >= 11 is 5.95. The Morgan fingerprint density at radius 3 is 2.79 bits per heavy atom. The largest absolute Gasteiger partial charge is 0.300 e. The van der Waals surface area contributed by atoms with Gasteiger partial charge in [0.1, 0.15) is 6.33 Å². The van der Waals surface area contributed by atoms with Crippen LogP contribution in [-0.4, -0.2) is 25.5 Å². The molecular formula is C16H8ClFN4O2. The molecule has 0 N–H and O–H groups in total. The lowest BCUT2D eigenvalue weighted by Crippen LogP contribution is -2.25. The van der Waals surface area contributed by atoms with Gasteiger partial charge in [0.25, 0.3) is 5.56 Å². The molecule has 0 fully saturated rings. The lowest BCUT2D eigenvalue weighted by atomic mass is 10.2. The first-order valence-electron chi connectivity index (χ1n) is 6.90. The molecule has 3 heterocycles. The third kappa shape index (κ3) is 1.88. The van der Waals surface area contributed by atoms with E-state index < -0.39 is 11.4 Å². The molecule has 0 atom stereocenters. The summed E-state index contributed by atoms with van der Waals surface area (Å²) in [4.78, 5) is 28.0. The molecule has 0 aliphatic carbocycles. The number of benzene rings is 1. The van der Waals surface area contributed by atoms with Crippen LogP contribution in [-0.2, 0) is 0 Å². The maximum atomic E-state index is 14.7. The van der Waals surface area contributed by atoms with Gasteiger partial charge in [-0.3, -0.25) is 14.0 Å². The average molecular weight is 343 g/mol. The van der Waals surface area contributed by atoms with Gasteiger partial charge in [-0.25, -0.2) is 9.37 Å². The Morgan fingerprint density at radius 2 is 2.00 bits per heavy atom. The number of hydrogen-bond donors (Lipinski definition) is 0. The average Bonchev–Trinajstić information content (AvgIpc) is 2.89. The van der Waals surface area contributed by atoms with Crippen LogP contribution in [0, 0.1) is 5.82 Å². The summed E-state index contributed by atoms with van der Waals surface area (Å²) in [7, 11) is 0. The van der Waals surface area contributed by atoms with E-state index in [9.17, 15) is 14.0 Å². The van der Waals surface area contributed by atoms with Crippen LogP contribution in [0.2, 0.25) is 5.02 Å². The molecule has 8 heteroatoms. The Morgan fingerprint density at radius 1 is 1.21 bits per heavy atom. The number of fused-ring (bicyclic) bond motifs is 3. The van der Waals surface area contributed by atoms with Gasteiger partial charge in [0.2, 0.25) is 0 Å². The van der Waals surface area contributed by atoms with Gasteiger partial charge < -0.3 is 0 Å². The second kappa shape index (κ2) is 5.24. The molecule has 0 amide bonds. The number of aldehydes is 1. The van der Waals surface area contributed by atoms with Crippen LogP contribution in [0.3, 0.4) is 0 Å². The third-order valence-electron chi connectivity index (χ3n) is 3.76. The van der Waals surface area contributed by atoms with Crippen molar-refractivity contribution in [3.63, 3.8) is 0 Å². The van der Waals surface area contributed by atoms with Crippen molar-refractivity contribution in [3.05, 3.63) is 69.6 Å². The first-order valence-corrected chi connectivity index (χ1v) is 7.28. The zero-order valence-electron chi connectivity index (χ0n) is 12.0. The Hall–Kier alpha value is -3.06. The number of aromatic nitrogens is 4. The molecule has 6 nitrogen and oxygen atoms in total. The minimum atomic E-state index is -0.732. The third-order valence-corrected chi connectivity index (χ3v) is 4.09. The molecule has 0 unspecified atom stereocenters. The van der Waals surface area contributed by atoms with Crippen LogP contribution < -0.4 is 5.56 Å². The maximum Gasteiger partial charge on any atom is 0.300 e. The van der Waals surface area contributed by atoms with Gasteiger partial charge in [-0.05, 0) is 18.2 Å². The summed E-state index contributed by atoms with van der Waals surface area (Å²) in [6.45, 7) is 0. The van der Waals surface area contributed by atoms with Gasteiger partial charge >= 0.3 is 0 Å². The van der Waals surface area contributed by atoms with E-state index in [2.05, 4.69) is 10.1 Å². The predicted octanol–water partition coefficient (Wildman–Crippen LogP) is 2.64. The SMILES string of the molecule is O=Cc1c(Cl)ccnc1-n1ncn2c(c(F)c3ccccc32)c1=O. The quantitative estimate of drug-likeness (QED) is 0.525. The summed E-state index contributed by atoms with van der Waals surface area (Å²) in [5.74, 6) is -0.698. The molecule has 118 valence electrons. The van der Waals surface area contributed by atoms with Gasteiger partial charge in [0.05, 0.1) is 16.1 Å². The van der Waals surface area contributed by atoms with E-state index in [1.54, 1.807) is 24.3 Å². The summed E-state index contributed by atoms with van der Waals surface area (Å²) in [5.41, 5.74) is -0.375. The minimum Gasteiger partial charge on any atom is -0.298 e. The number of rotatable bonds is 2. The van der Waals surface area contributed by atoms with Gasteiger partial charge in [0, 0.05) is 11.6 Å². The van der Waals surface area contributed by atoms with Crippen LogP contribution in [0.25, 0.3) is 22.2 Å². The molecule has 0 radical (unpaired) electrons. The molecule has 4 aromatic rings. The number of nitrogens with zero attached hydrogens (tertiary/aromatic N) is 4. The van der Waals surface area contributed by atoms with Crippen LogP contribution in [0.5, 0.6) is 0 Å². The molecule has 0 aliphatic heterocycles. The number of pyridine rings is 1. The summed E-state index contributed by atoms with van der Waals surface area (Å²) < 4.78 is 16.9. The maximum absolute atomic E-state index is 14.7.